The molecule has 0 heterocycles. The monoisotopic (exact) mass is 380 g/mol. The Kier molecular flexibility index (Phi) is 5.73. The van der Waals surface area contributed by atoms with Crippen LogP contribution in [0, 0.1) is 5.41 Å². The number of nitrogens with one attached hydrogen (secondary N) is 1. The molecule has 0 aliphatic heterocycles. The molecule has 148 valence electrons. The lowest BCUT2D eigenvalue weighted by Crippen LogP contribution is -2.32. The molecule has 1 N–H and O–H groups in total. The summed E-state index contributed by atoms with van der Waals surface area (Å²) in [6.07, 6.45) is 2.06. The van der Waals surface area contributed by atoms with Crippen LogP contribution < -0.4 is 10.1 Å². The second-order valence-corrected chi connectivity index (χ2v) is 8.30. The predicted molar refractivity (Wildman–Crippen MR) is 110 cm³/mol. The van der Waals surface area contributed by atoms with Crippen LogP contribution in [-0.4, -0.2) is 29.9 Å². The molecule has 3 rings (SSSR count). The summed E-state index contributed by atoms with van der Waals surface area (Å²) in [4.78, 5) is 27.3. The van der Waals surface area contributed by atoms with Gasteiger partial charge in [0.1, 0.15) is 5.75 Å². The minimum atomic E-state index is -0.492. The molecule has 1 aliphatic rings. The number of benzene rings is 2. The fourth-order valence-corrected chi connectivity index (χ4v) is 2.89. The van der Waals surface area contributed by atoms with Crippen molar-refractivity contribution in [1.82, 2.24) is 4.90 Å². The van der Waals surface area contributed by atoms with Crippen molar-refractivity contribution in [2.24, 2.45) is 5.41 Å². The van der Waals surface area contributed by atoms with Crippen molar-refractivity contribution < 1.29 is 14.3 Å². The molecule has 0 atom stereocenters. The largest absolute Gasteiger partial charge is 0.497 e. The number of carbonyl (C=O) groups excluding carboxylic acids is 2. The molecule has 1 fully saturated rings. The maximum absolute atomic E-state index is 13.2. The normalized spacial score (nSPS) is 13.7. The van der Waals surface area contributed by atoms with E-state index in [4.69, 9.17) is 4.74 Å². The van der Waals surface area contributed by atoms with Gasteiger partial charge in [0.15, 0.2) is 0 Å². The van der Waals surface area contributed by atoms with Gasteiger partial charge in [-0.05, 0) is 48.7 Å². The fraction of sp³-hybridized carbons (Fsp3) is 0.391. The molecule has 1 saturated carbocycles. The van der Waals surface area contributed by atoms with Crippen LogP contribution in [0.3, 0.4) is 0 Å². The average Bonchev–Trinajstić information content (AvgIpc) is 3.50. The molecule has 0 radical (unpaired) electrons. The zero-order valence-electron chi connectivity index (χ0n) is 17.0. The molecule has 0 bridgehead atoms. The Morgan fingerprint density at radius 3 is 2.36 bits per heavy atom. The number of methoxy groups -OCH3 is 1. The van der Waals surface area contributed by atoms with E-state index in [1.165, 1.54) is 0 Å². The molecule has 0 unspecified atom stereocenters. The van der Waals surface area contributed by atoms with E-state index >= 15 is 0 Å². The van der Waals surface area contributed by atoms with Crippen LogP contribution in [0.1, 0.15) is 49.5 Å². The number of nitrogens with zero attached hydrogens (tertiary/aromatic N) is 1. The van der Waals surface area contributed by atoms with E-state index in [0.717, 1.165) is 24.2 Å². The Bertz CT molecular complexity index is 849. The van der Waals surface area contributed by atoms with Gasteiger partial charge in [-0.25, -0.2) is 0 Å². The van der Waals surface area contributed by atoms with Gasteiger partial charge in [0.2, 0.25) is 5.91 Å². The van der Waals surface area contributed by atoms with Gasteiger partial charge < -0.3 is 15.0 Å². The van der Waals surface area contributed by atoms with Crippen molar-refractivity contribution in [3.8, 4) is 5.75 Å². The molecular formula is C23H28N2O3. The first-order chi connectivity index (χ1) is 13.3. The first-order valence-corrected chi connectivity index (χ1v) is 9.63. The number of amides is 2. The number of anilines is 1. The predicted octanol–water partition coefficient (Wildman–Crippen LogP) is 4.48. The van der Waals surface area contributed by atoms with Crippen LogP contribution in [0.4, 0.5) is 5.69 Å². The van der Waals surface area contributed by atoms with Crippen LogP contribution in [0.15, 0.2) is 48.5 Å². The summed E-state index contributed by atoms with van der Waals surface area (Å²) >= 11 is 0. The molecule has 0 spiro atoms. The Balaban J connectivity index is 1.76. The lowest BCUT2D eigenvalue weighted by Gasteiger charge is -2.23. The smallest absolute Gasteiger partial charge is 0.254 e. The Morgan fingerprint density at radius 2 is 1.79 bits per heavy atom. The Hall–Kier alpha value is -2.82. The minimum absolute atomic E-state index is 0.00910. The maximum Gasteiger partial charge on any atom is 0.254 e. The third-order valence-corrected chi connectivity index (χ3v) is 4.81. The lowest BCUT2D eigenvalue weighted by atomic mass is 9.95. The van der Waals surface area contributed by atoms with Gasteiger partial charge >= 0.3 is 0 Å². The van der Waals surface area contributed by atoms with Crippen LogP contribution in [0.2, 0.25) is 0 Å². The van der Waals surface area contributed by atoms with E-state index in [-0.39, 0.29) is 17.9 Å². The number of hydrogen-bond donors (Lipinski definition) is 1. The van der Waals surface area contributed by atoms with E-state index < -0.39 is 5.41 Å². The van der Waals surface area contributed by atoms with Crippen molar-refractivity contribution in [3.63, 3.8) is 0 Å². The van der Waals surface area contributed by atoms with Crippen molar-refractivity contribution in [3.05, 3.63) is 59.7 Å². The highest BCUT2D eigenvalue weighted by Crippen LogP contribution is 2.30. The van der Waals surface area contributed by atoms with Crippen molar-refractivity contribution in [2.75, 3.05) is 12.4 Å². The molecule has 28 heavy (non-hydrogen) atoms. The third-order valence-electron chi connectivity index (χ3n) is 4.81. The molecule has 2 aromatic carbocycles. The lowest BCUT2D eigenvalue weighted by molar-refractivity contribution is -0.123. The van der Waals surface area contributed by atoms with E-state index in [2.05, 4.69) is 5.32 Å². The zero-order chi connectivity index (χ0) is 20.3. The third kappa shape index (κ3) is 4.91. The topological polar surface area (TPSA) is 58.6 Å². The summed E-state index contributed by atoms with van der Waals surface area (Å²) in [6.45, 7) is 6.15. The van der Waals surface area contributed by atoms with Crippen LogP contribution >= 0.6 is 0 Å². The van der Waals surface area contributed by atoms with E-state index in [9.17, 15) is 9.59 Å². The molecule has 1 aliphatic carbocycles. The summed E-state index contributed by atoms with van der Waals surface area (Å²) in [5, 5.41) is 2.90. The van der Waals surface area contributed by atoms with Crippen LogP contribution in [-0.2, 0) is 11.3 Å². The van der Waals surface area contributed by atoms with E-state index in [0.29, 0.717) is 17.8 Å². The number of rotatable bonds is 6. The van der Waals surface area contributed by atoms with Gasteiger partial charge in [0, 0.05) is 29.3 Å². The summed E-state index contributed by atoms with van der Waals surface area (Å²) in [6, 6.07) is 15.3. The minimum Gasteiger partial charge on any atom is -0.497 e. The number of ether oxygens (including phenoxy) is 1. The van der Waals surface area contributed by atoms with Gasteiger partial charge in [-0.2, -0.15) is 0 Å². The first kappa shape index (κ1) is 19.9. The van der Waals surface area contributed by atoms with Gasteiger partial charge in [-0.3, -0.25) is 9.59 Å². The summed E-state index contributed by atoms with van der Waals surface area (Å²) in [7, 11) is 1.64. The maximum atomic E-state index is 13.2. The summed E-state index contributed by atoms with van der Waals surface area (Å²) in [5.74, 6) is 0.717. The molecule has 2 aromatic rings. The molecule has 5 nitrogen and oxygen atoms in total. The van der Waals surface area contributed by atoms with E-state index in [1.807, 2.05) is 62.1 Å². The first-order valence-electron chi connectivity index (χ1n) is 9.63. The molecule has 2 amide bonds. The summed E-state index contributed by atoms with van der Waals surface area (Å²) < 4.78 is 5.20. The second-order valence-electron chi connectivity index (χ2n) is 8.30. The fourth-order valence-electron chi connectivity index (χ4n) is 2.89. The number of hydrogen-bond acceptors (Lipinski definition) is 3. The molecule has 5 heteroatoms. The highest BCUT2D eigenvalue weighted by atomic mass is 16.5. The standard InChI is InChI=1S/C23H28N2O3/c1-23(2,3)22(27)24-18-7-5-6-17(14-18)21(26)25(19-10-11-19)15-16-8-12-20(28-4)13-9-16/h5-9,12-14,19H,10-11,15H2,1-4H3,(H,24,27). The highest BCUT2D eigenvalue weighted by molar-refractivity contribution is 5.98. The molecule has 0 saturated heterocycles. The van der Waals surface area contributed by atoms with Crippen molar-refractivity contribution in [1.29, 1.82) is 0 Å². The summed E-state index contributed by atoms with van der Waals surface area (Å²) in [5.41, 5.74) is 1.81. The second kappa shape index (κ2) is 8.05. The molecule has 0 aromatic heterocycles. The van der Waals surface area contributed by atoms with Gasteiger partial charge in [0.05, 0.1) is 7.11 Å². The van der Waals surface area contributed by atoms with Crippen molar-refractivity contribution >= 4 is 17.5 Å². The van der Waals surface area contributed by atoms with Gasteiger partial charge in [-0.1, -0.05) is 39.0 Å². The van der Waals surface area contributed by atoms with E-state index in [1.54, 1.807) is 19.2 Å². The molecular weight excluding hydrogens is 352 g/mol. The van der Waals surface area contributed by atoms with Crippen LogP contribution in [0.25, 0.3) is 0 Å². The van der Waals surface area contributed by atoms with Crippen molar-refractivity contribution in [2.45, 2.75) is 46.2 Å². The number of carbonyl (C=O) groups is 2. The Labute approximate surface area is 166 Å². The van der Waals surface area contributed by atoms with Gasteiger partial charge in [-0.15, -0.1) is 0 Å². The average molecular weight is 380 g/mol. The SMILES string of the molecule is COc1ccc(CN(C(=O)c2cccc(NC(=O)C(C)(C)C)c2)C2CC2)cc1. The quantitative estimate of drug-likeness (QED) is 0.804. The zero-order valence-corrected chi connectivity index (χ0v) is 17.0. The van der Waals surface area contributed by atoms with Gasteiger partial charge in [0.25, 0.3) is 5.91 Å². The van der Waals surface area contributed by atoms with Crippen LogP contribution in [0.5, 0.6) is 5.75 Å². The Morgan fingerprint density at radius 1 is 1.11 bits per heavy atom. The highest BCUT2D eigenvalue weighted by Gasteiger charge is 2.33.